The molecule has 4 aliphatic rings. The molecule has 2 aromatic carbocycles. The Morgan fingerprint density at radius 1 is 1.17 bits per heavy atom. The molecule has 5 atom stereocenters. The number of nitrogens with zero attached hydrogens (tertiary/aromatic N) is 2. The van der Waals surface area contributed by atoms with Gasteiger partial charge in [-0.15, -0.1) is 0 Å². The number of alkyl halides is 3. The SMILES string of the molecule is CC(=O)O[C@@]12CC[C@H](N(CC(C)C)C(=O)C=Cc3ccc(C(F)(F)F)cc3)[C@@H]3Oc4cccc5c4[C@@]31CCN(C)[C@@H]2C5. The molecule has 2 aromatic rings. The van der Waals surface area contributed by atoms with Crippen LogP contribution in [0.1, 0.15) is 62.3 Å². The van der Waals surface area contributed by atoms with Gasteiger partial charge in [-0.05, 0) is 80.6 Å². The maximum Gasteiger partial charge on any atom is 0.416 e. The second kappa shape index (κ2) is 10.1. The topological polar surface area (TPSA) is 59.1 Å². The quantitative estimate of drug-likeness (QED) is 0.327. The molecule has 2 bridgehead atoms. The lowest BCUT2D eigenvalue weighted by molar-refractivity contribution is -0.221. The van der Waals surface area contributed by atoms with E-state index in [9.17, 15) is 22.8 Å². The second-order valence-electron chi connectivity index (χ2n) is 12.7. The third-order valence-electron chi connectivity index (χ3n) is 9.78. The molecule has 0 unspecified atom stereocenters. The first-order chi connectivity index (χ1) is 19.9. The molecule has 1 saturated carbocycles. The minimum absolute atomic E-state index is 0.00290. The summed E-state index contributed by atoms with van der Waals surface area (Å²) < 4.78 is 52.3. The zero-order valence-corrected chi connectivity index (χ0v) is 24.4. The summed E-state index contributed by atoms with van der Waals surface area (Å²) in [5.74, 6) is 0.447. The molecular formula is C33H37F3N2O4. The Kier molecular flexibility index (Phi) is 6.95. The average molecular weight is 583 g/mol. The standard InChI is InChI=1S/C33H37F3N2O4/c1-20(2)19-38(28(40)13-10-22-8-11-24(12-9-22)33(34,35)36)25-14-15-32(42-21(3)39)27-18-23-6-5-7-26-29(23)31(32,30(25)41-26)16-17-37(27)4/h5-13,20,25,27,30H,14-19H2,1-4H3/t25-,27+,30-,31-,32+/m0/s1. The van der Waals surface area contributed by atoms with Gasteiger partial charge in [-0.1, -0.05) is 38.1 Å². The van der Waals surface area contributed by atoms with Gasteiger partial charge >= 0.3 is 12.1 Å². The molecule has 9 heteroatoms. The number of halogens is 3. The lowest BCUT2D eigenvalue weighted by Gasteiger charge is -2.65. The van der Waals surface area contributed by atoms with Gasteiger partial charge < -0.3 is 14.4 Å². The summed E-state index contributed by atoms with van der Waals surface area (Å²) in [5, 5.41) is 0. The Morgan fingerprint density at radius 2 is 1.90 bits per heavy atom. The Morgan fingerprint density at radius 3 is 2.57 bits per heavy atom. The maximum atomic E-state index is 13.9. The highest BCUT2D eigenvalue weighted by Gasteiger charge is 2.75. The van der Waals surface area contributed by atoms with Crippen LogP contribution in [0, 0.1) is 5.92 Å². The highest BCUT2D eigenvalue weighted by molar-refractivity contribution is 5.92. The van der Waals surface area contributed by atoms with Crippen molar-refractivity contribution >= 4 is 18.0 Å². The summed E-state index contributed by atoms with van der Waals surface area (Å²) >= 11 is 0. The number of carbonyl (C=O) groups excluding carboxylic acids is 2. The Bertz CT molecular complexity index is 1420. The van der Waals surface area contributed by atoms with Gasteiger partial charge in [-0.2, -0.15) is 13.2 Å². The fraction of sp³-hybridized carbons (Fsp3) is 0.515. The number of carbonyl (C=O) groups is 2. The number of esters is 1. The van der Waals surface area contributed by atoms with Crippen molar-refractivity contribution in [1.82, 2.24) is 9.80 Å². The molecule has 1 saturated heterocycles. The number of piperidine rings is 1. The van der Waals surface area contributed by atoms with E-state index in [1.807, 2.05) is 17.0 Å². The highest BCUT2D eigenvalue weighted by Crippen LogP contribution is 2.65. The van der Waals surface area contributed by atoms with Crippen molar-refractivity contribution in [2.24, 2.45) is 5.92 Å². The van der Waals surface area contributed by atoms with Crippen LogP contribution in [-0.4, -0.2) is 65.6 Å². The molecule has 42 heavy (non-hydrogen) atoms. The molecule has 2 aliphatic carbocycles. The first-order valence-corrected chi connectivity index (χ1v) is 14.7. The lowest BCUT2D eigenvalue weighted by Crippen LogP contribution is -2.79. The number of hydrogen-bond donors (Lipinski definition) is 0. The Labute approximate surface area is 244 Å². The van der Waals surface area contributed by atoms with Crippen molar-refractivity contribution in [3.05, 3.63) is 70.8 Å². The summed E-state index contributed by atoms with van der Waals surface area (Å²) in [5.41, 5.74) is 0.759. The van der Waals surface area contributed by atoms with Crippen molar-refractivity contribution in [3.8, 4) is 5.75 Å². The number of benzene rings is 2. The smallest absolute Gasteiger partial charge is 0.416 e. The van der Waals surface area contributed by atoms with Gasteiger partial charge in [-0.3, -0.25) is 14.5 Å². The molecule has 6 nitrogen and oxygen atoms in total. The van der Waals surface area contributed by atoms with Crippen molar-refractivity contribution in [2.45, 2.75) is 81.8 Å². The van der Waals surface area contributed by atoms with Crippen molar-refractivity contribution < 1.29 is 32.2 Å². The minimum Gasteiger partial charge on any atom is -0.487 e. The van der Waals surface area contributed by atoms with Crippen molar-refractivity contribution in [1.29, 1.82) is 0 Å². The number of likely N-dealkylation sites (N-methyl/N-ethyl adjacent to an activating group) is 1. The van der Waals surface area contributed by atoms with Crippen LogP contribution in [0.2, 0.25) is 0 Å². The number of amides is 1. The maximum absolute atomic E-state index is 13.9. The van der Waals surface area contributed by atoms with Crippen LogP contribution in [0.3, 0.4) is 0 Å². The van der Waals surface area contributed by atoms with E-state index in [2.05, 4.69) is 31.9 Å². The normalized spacial score (nSPS) is 29.8. The van der Waals surface area contributed by atoms with Crippen LogP contribution in [0.25, 0.3) is 6.08 Å². The average Bonchev–Trinajstić information content (AvgIpc) is 3.27. The van der Waals surface area contributed by atoms with E-state index in [0.29, 0.717) is 24.9 Å². The fourth-order valence-electron chi connectivity index (χ4n) is 8.28. The van der Waals surface area contributed by atoms with E-state index in [-0.39, 0.29) is 29.9 Å². The van der Waals surface area contributed by atoms with E-state index < -0.39 is 28.9 Å². The Balaban J connectivity index is 1.38. The molecule has 2 heterocycles. The summed E-state index contributed by atoms with van der Waals surface area (Å²) in [4.78, 5) is 30.8. The number of hydrogen-bond acceptors (Lipinski definition) is 5. The van der Waals surface area contributed by atoms with Crippen LogP contribution in [0.5, 0.6) is 5.75 Å². The van der Waals surface area contributed by atoms with Crippen molar-refractivity contribution in [2.75, 3.05) is 20.1 Å². The predicted octanol–water partition coefficient (Wildman–Crippen LogP) is 5.63. The molecule has 0 aromatic heterocycles. The number of ether oxygens (including phenoxy) is 2. The second-order valence-corrected chi connectivity index (χ2v) is 12.7. The zero-order valence-electron chi connectivity index (χ0n) is 24.4. The zero-order chi connectivity index (χ0) is 30.0. The van der Waals surface area contributed by atoms with E-state index in [0.717, 1.165) is 42.8 Å². The van der Waals surface area contributed by atoms with Crippen LogP contribution in [-0.2, 0) is 32.3 Å². The molecule has 1 amide bonds. The summed E-state index contributed by atoms with van der Waals surface area (Å²) in [6.07, 6.45) is 0.893. The molecular weight excluding hydrogens is 545 g/mol. The first kappa shape index (κ1) is 28.8. The minimum atomic E-state index is -4.42. The number of rotatable bonds is 6. The lowest BCUT2D eigenvalue weighted by atomic mass is 9.48. The van der Waals surface area contributed by atoms with Crippen LogP contribution in [0.4, 0.5) is 13.2 Å². The van der Waals surface area contributed by atoms with E-state index >= 15 is 0 Å². The van der Waals surface area contributed by atoms with Gasteiger partial charge in [0.2, 0.25) is 5.91 Å². The fourth-order valence-corrected chi connectivity index (χ4v) is 8.28. The Hall–Kier alpha value is -3.33. The van der Waals surface area contributed by atoms with Crippen LogP contribution < -0.4 is 4.74 Å². The molecule has 224 valence electrons. The van der Waals surface area contributed by atoms with Gasteiger partial charge in [0.05, 0.1) is 23.1 Å². The van der Waals surface area contributed by atoms with Gasteiger partial charge in [0, 0.05) is 25.1 Å². The van der Waals surface area contributed by atoms with Gasteiger partial charge in [-0.25, -0.2) is 0 Å². The molecule has 2 aliphatic heterocycles. The molecule has 0 radical (unpaired) electrons. The monoisotopic (exact) mass is 582 g/mol. The van der Waals surface area contributed by atoms with Gasteiger partial charge in [0.1, 0.15) is 17.5 Å². The largest absolute Gasteiger partial charge is 0.487 e. The van der Waals surface area contributed by atoms with Crippen LogP contribution in [0.15, 0.2) is 48.5 Å². The highest BCUT2D eigenvalue weighted by atomic mass is 19.4. The third-order valence-corrected chi connectivity index (χ3v) is 9.78. The molecule has 0 N–H and O–H groups in total. The predicted molar refractivity (Wildman–Crippen MR) is 152 cm³/mol. The summed E-state index contributed by atoms with van der Waals surface area (Å²) in [7, 11) is 2.09. The van der Waals surface area contributed by atoms with Gasteiger partial charge in [0.25, 0.3) is 0 Å². The van der Waals surface area contributed by atoms with Crippen molar-refractivity contribution in [3.63, 3.8) is 0 Å². The van der Waals surface area contributed by atoms with Gasteiger partial charge in [0.15, 0.2) is 0 Å². The first-order valence-electron chi connectivity index (χ1n) is 14.7. The summed E-state index contributed by atoms with van der Waals surface area (Å²) in [6, 6.07) is 10.6. The van der Waals surface area contributed by atoms with E-state index in [4.69, 9.17) is 9.47 Å². The molecule has 6 rings (SSSR count). The van der Waals surface area contributed by atoms with Crippen LogP contribution >= 0.6 is 0 Å². The molecule has 1 spiro atoms. The van der Waals surface area contributed by atoms with E-state index in [1.165, 1.54) is 30.7 Å². The summed E-state index contributed by atoms with van der Waals surface area (Å²) in [6.45, 7) is 6.89. The van der Waals surface area contributed by atoms with E-state index in [1.54, 1.807) is 6.08 Å². The molecule has 2 fully saturated rings. The number of likely N-dealkylation sites (tertiary alicyclic amines) is 1. The third kappa shape index (κ3) is 4.34.